The lowest BCUT2D eigenvalue weighted by Crippen LogP contribution is -2.31. The number of carbonyl (C=O) groups excluding carboxylic acids is 1. The maximum Gasteiger partial charge on any atom is 0.251 e. The molecule has 0 fully saturated rings. The third-order valence-corrected chi connectivity index (χ3v) is 4.10. The molecule has 3 rings (SSSR count). The van der Waals surface area contributed by atoms with E-state index in [1.54, 1.807) is 35.3 Å². The van der Waals surface area contributed by atoms with Crippen molar-refractivity contribution in [1.29, 1.82) is 0 Å². The lowest BCUT2D eigenvalue weighted by molar-refractivity contribution is 0.0947. The van der Waals surface area contributed by atoms with Crippen LogP contribution in [0.25, 0.3) is 0 Å². The molecule has 0 aliphatic heterocycles. The van der Waals surface area contributed by atoms with Crippen molar-refractivity contribution >= 4 is 5.91 Å². The minimum absolute atomic E-state index is 0.263. The largest absolute Gasteiger partial charge is 0.493 e. The van der Waals surface area contributed by atoms with Crippen LogP contribution in [0.1, 0.15) is 22.2 Å². The van der Waals surface area contributed by atoms with Crippen LogP contribution in [0.2, 0.25) is 0 Å². The number of aromatic nitrogens is 2. The summed E-state index contributed by atoms with van der Waals surface area (Å²) in [6, 6.07) is 8.40. The average Bonchev–Trinajstić information content (AvgIpc) is 3.41. The zero-order valence-corrected chi connectivity index (χ0v) is 15.3. The molecule has 2 heterocycles. The van der Waals surface area contributed by atoms with Crippen molar-refractivity contribution in [1.82, 2.24) is 15.1 Å². The fraction of sp³-hybridized carbons (Fsp3) is 0.263. The van der Waals surface area contributed by atoms with Crippen LogP contribution in [-0.4, -0.2) is 43.6 Å². The highest BCUT2D eigenvalue weighted by Gasteiger charge is 2.20. The molecule has 8 heteroatoms. The van der Waals surface area contributed by atoms with E-state index in [2.05, 4.69) is 10.4 Å². The molecule has 1 N–H and O–H groups in total. The molecular formula is C19H21N3O5. The fourth-order valence-corrected chi connectivity index (χ4v) is 2.77. The van der Waals surface area contributed by atoms with Crippen LogP contribution in [0.15, 0.2) is 53.4 Å². The number of rotatable bonds is 8. The number of hydrogen-bond donors (Lipinski definition) is 1. The first-order chi connectivity index (χ1) is 13.2. The molecule has 0 aliphatic carbocycles. The Kier molecular flexibility index (Phi) is 5.65. The van der Waals surface area contributed by atoms with Gasteiger partial charge < -0.3 is 23.9 Å². The van der Waals surface area contributed by atoms with Crippen molar-refractivity contribution in [3.05, 3.63) is 60.3 Å². The molecule has 1 aromatic carbocycles. The Balaban J connectivity index is 1.80. The highest BCUT2D eigenvalue weighted by molar-refractivity contribution is 5.95. The predicted octanol–water partition coefficient (Wildman–Crippen LogP) is 2.52. The third-order valence-electron chi connectivity index (χ3n) is 4.10. The number of carbonyl (C=O) groups is 1. The van der Waals surface area contributed by atoms with Crippen molar-refractivity contribution < 1.29 is 23.4 Å². The van der Waals surface area contributed by atoms with Crippen molar-refractivity contribution in [2.24, 2.45) is 0 Å². The first kappa shape index (κ1) is 18.4. The fourth-order valence-electron chi connectivity index (χ4n) is 2.77. The summed E-state index contributed by atoms with van der Waals surface area (Å²) in [5.41, 5.74) is 0.392. The molecule has 27 heavy (non-hydrogen) atoms. The van der Waals surface area contributed by atoms with Crippen molar-refractivity contribution in [3.63, 3.8) is 0 Å². The first-order valence-corrected chi connectivity index (χ1v) is 8.28. The van der Waals surface area contributed by atoms with Crippen molar-refractivity contribution in [2.45, 2.75) is 6.04 Å². The molecule has 1 amide bonds. The molecule has 3 aromatic rings. The Labute approximate surface area is 156 Å². The van der Waals surface area contributed by atoms with E-state index in [0.29, 0.717) is 35.1 Å². The second-order valence-electron chi connectivity index (χ2n) is 5.64. The molecule has 142 valence electrons. The zero-order valence-electron chi connectivity index (χ0n) is 15.3. The quantitative estimate of drug-likeness (QED) is 0.655. The van der Waals surface area contributed by atoms with E-state index < -0.39 is 0 Å². The lowest BCUT2D eigenvalue weighted by Gasteiger charge is -2.17. The van der Waals surface area contributed by atoms with Crippen LogP contribution in [0.3, 0.4) is 0 Å². The van der Waals surface area contributed by atoms with Crippen LogP contribution in [0, 0.1) is 0 Å². The van der Waals surface area contributed by atoms with Gasteiger partial charge in [-0.3, -0.25) is 9.48 Å². The molecule has 8 nitrogen and oxygen atoms in total. The number of benzene rings is 1. The SMILES string of the molecule is COc1cc(C(=O)NCC(c2ccco2)n2cccn2)cc(OC)c1OC. The first-order valence-electron chi connectivity index (χ1n) is 8.28. The van der Waals surface area contributed by atoms with Gasteiger partial charge in [0, 0.05) is 24.5 Å². The molecule has 0 spiro atoms. The molecule has 1 unspecified atom stereocenters. The van der Waals surface area contributed by atoms with Crippen LogP contribution in [0.4, 0.5) is 0 Å². The van der Waals surface area contributed by atoms with Crippen molar-refractivity contribution in [2.75, 3.05) is 27.9 Å². The number of ether oxygens (including phenoxy) is 3. The number of furan rings is 1. The smallest absolute Gasteiger partial charge is 0.251 e. The van der Waals surface area contributed by atoms with Crippen LogP contribution < -0.4 is 19.5 Å². The Morgan fingerprint density at radius 1 is 1.19 bits per heavy atom. The van der Waals surface area contributed by atoms with E-state index in [1.807, 2.05) is 18.3 Å². The summed E-state index contributed by atoms with van der Waals surface area (Å²) in [6.07, 6.45) is 5.09. The van der Waals surface area contributed by atoms with Crippen LogP contribution in [0.5, 0.6) is 17.2 Å². The second-order valence-corrected chi connectivity index (χ2v) is 5.64. The molecule has 0 radical (unpaired) electrons. The molecule has 0 bridgehead atoms. The van der Waals surface area contributed by atoms with Gasteiger partial charge in [0.2, 0.25) is 5.75 Å². The normalized spacial score (nSPS) is 11.7. The van der Waals surface area contributed by atoms with Crippen LogP contribution >= 0.6 is 0 Å². The standard InChI is InChI=1S/C19H21N3O5/c1-24-16-10-13(11-17(25-2)18(16)26-3)19(23)20-12-14(15-6-4-9-27-15)22-8-5-7-21-22/h4-11,14H,12H2,1-3H3,(H,20,23). The number of nitrogens with zero attached hydrogens (tertiary/aromatic N) is 2. The topological polar surface area (TPSA) is 87.8 Å². The van der Waals surface area contributed by atoms with Gasteiger partial charge in [-0.05, 0) is 30.3 Å². The van der Waals surface area contributed by atoms with Crippen LogP contribution in [-0.2, 0) is 0 Å². The van der Waals surface area contributed by atoms with Gasteiger partial charge in [-0.25, -0.2) is 0 Å². The minimum atomic E-state index is -0.280. The Hall–Kier alpha value is -3.42. The highest BCUT2D eigenvalue weighted by Crippen LogP contribution is 2.38. The zero-order chi connectivity index (χ0) is 19.2. The van der Waals surface area contributed by atoms with Gasteiger partial charge in [0.25, 0.3) is 5.91 Å². The number of methoxy groups -OCH3 is 3. The summed E-state index contributed by atoms with van der Waals surface area (Å²) < 4.78 is 23.1. The van der Waals surface area contributed by atoms with E-state index in [1.165, 1.54) is 21.3 Å². The van der Waals surface area contributed by atoms with E-state index >= 15 is 0 Å². The van der Waals surface area contributed by atoms with Gasteiger partial charge >= 0.3 is 0 Å². The van der Waals surface area contributed by atoms with Gasteiger partial charge in [-0.2, -0.15) is 5.10 Å². The number of hydrogen-bond acceptors (Lipinski definition) is 6. The Morgan fingerprint density at radius 2 is 1.93 bits per heavy atom. The highest BCUT2D eigenvalue weighted by atomic mass is 16.5. The van der Waals surface area contributed by atoms with Gasteiger partial charge in [0.05, 0.1) is 27.6 Å². The summed E-state index contributed by atoms with van der Waals surface area (Å²) in [4.78, 5) is 12.7. The predicted molar refractivity (Wildman–Crippen MR) is 97.5 cm³/mol. The summed E-state index contributed by atoms with van der Waals surface area (Å²) in [5, 5.41) is 7.15. The third kappa shape index (κ3) is 3.89. The summed E-state index contributed by atoms with van der Waals surface area (Å²) in [6.45, 7) is 0.296. The van der Waals surface area contributed by atoms with Gasteiger partial charge in [0.15, 0.2) is 11.5 Å². The van der Waals surface area contributed by atoms with Gasteiger partial charge in [-0.1, -0.05) is 0 Å². The van der Waals surface area contributed by atoms with Crippen molar-refractivity contribution in [3.8, 4) is 17.2 Å². The van der Waals surface area contributed by atoms with Gasteiger partial charge in [0.1, 0.15) is 11.8 Å². The van der Waals surface area contributed by atoms with Gasteiger partial charge in [-0.15, -0.1) is 0 Å². The maximum absolute atomic E-state index is 12.7. The molecule has 0 aliphatic rings. The second kappa shape index (κ2) is 8.31. The number of amides is 1. The van der Waals surface area contributed by atoms with E-state index in [4.69, 9.17) is 18.6 Å². The molecule has 1 atom stereocenters. The molecule has 0 saturated carbocycles. The summed E-state index contributed by atoms with van der Waals surface area (Å²) in [5.74, 6) is 1.68. The van der Waals surface area contributed by atoms with E-state index in [0.717, 1.165) is 0 Å². The monoisotopic (exact) mass is 371 g/mol. The number of nitrogens with one attached hydrogen (secondary N) is 1. The summed E-state index contributed by atoms with van der Waals surface area (Å²) >= 11 is 0. The van der Waals surface area contributed by atoms with E-state index in [9.17, 15) is 4.79 Å². The molecule has 2 aromatic heterocycles. The summed E-state index contributed by atoms with van der Waals surface area (Å²) in [7, 11) is 4.52. The Bertz CT molecular complexity index is 816. The van der Waals surface area contributed by atoms with E-state index in [-0.39, 0.29) is 11.9 Å². The maximum atomic E-state index is 12.7. The average molecular weight is 371 g/mol. The Morgan fingerprint density at radius 3 is 2.44 bits per heavy atom. The molecule has 0 saturated heterocycles. The minimum Gasteiger partial charge on any atom is -0.493 e. The molecular weight excluding hydrogens is 350 g/mol. The lowest BCUT2D eigenvalue weighted by atomic mass is 10.1.